The van der Waals surface area contributed by atoms with Crippen molar-refractivity contribution < 1.29 is 9.53 Å². The molecule has 0 saturated heterocycles. The molecule has 8 heteroatoms. The van der Waals surface area contributed by atoms with Crippen LogP contribution in [0.15, 0.2) is 35.3 Å². The van der Waals surface area contributed by atoms with Crippen molar-refractivity contribution in [2.24, 2.45) is 10.7 Å². The first kappa shape index (κ1) is 24.0. The van der Waals surface area contributed by atoms with Gasteiger partial charge in [0.1, 0.15) is 22.5 Å². The number of carbonyl (C=O) groups excluding carboxylic acids is 1. The Morgan fingerprint density at radius 1 is 1.18 bits per heavy atom. The van der Waals surface area contributed by atoms with Gasteiger partial charge >= 0.3 is 5.97 Å². The van der Waals surface area contributed by atoms with Crippen LogP contribution in [0.25, 0.3) is 11.1 Å². The summed E-state index contributed by atoms with van der Waals surface area (Å²) < 4.78 is 7.66. The van der Waals surface area contributed by atoms with Crippen molar-refractivity contribution in [2.45, 2.75) is 59.6 Å². The number of esters is 1. The Balaban J connectivity index is 1.87. The maximum absolute atomic E-state index is 12.8. The van der Waals surface area contributed by atoms with Crippen LogP contribution in [-0.2, 0) is 9.53 Å². The third kappa shape index (κ3) is 4.74. The van der Waals surface area contributed by atoms with E-state index in [0.29, 0.717) is 12.4 Å². The molecule has 1 aliphatic heterocycles. The highest BCUT2D eigenvalue weighted by molar-refractivity contribution is 7.15. The minimum atomic E-state index is -0.572. The first-order valence-corrected chi connectivity index (χ1v) is 12.2. The molecule has 4 rings (SSSR count). The lowest BCUT2D eigenvalue weighted by molar-refractivity contribution is -0.155. The third-order valence-electron chi connectivity index (χ3n) is 5.65. The van der Waals surface area contributed by atoms with E-state index in [1.54, 1.807) is 11.3 Å². The standard InChI is InChI=1S/C26H31N5O2S/c1-15-16(2)34-25-22(15)23(19-11-9-18(10-12-19)8-7-13-27)28-20(14-21(32)33-26(4,5)6)24-30-29-17(3)31(24)25/h7-12,20H,13-14,27H2,1-6H3/b8-7+/t20-/m0/s1. The summed E-state index contributed by atoms with van der Waals surface area (Å²) in [5.74, 6) is 1.11. The van der Waals surface area contributed by atoms with Crippen LogP contribution in [0.5, 0.6) is 0 Å². The van der Waals surface area contributed by atoms with Crippen molar-refractivity contribution in [1.82, 2.24) is 14.8 Å². The van der Waals surface area contributed by atoms with Gasteiger partial charge in [0.15, 0.2) is 5.82 Å². The maximum atomic E-state index is 12.8. The summed E-state index contributed by atoms with van der Waals surface area (Å²) in [5.41, 5.74) is 10.2. The Morgan fingerprint density at radius 3 is 2.53 bits per heavy atom. The summed E-state index contributed by atoms with van der Waals surface area (Å²) in [5, 5.41) is 9.81. The average molecular weight is 478 g/mol. The normalized spacial score (nSPS) is 15.6. The molecule has 3 aromatic rings. The minimum absolute atomic E-state index is 0.0865. The van der Waals surface area contributed by atoms with Crippen molar-refractivity contribution in [3.05, 3.63) is 69.1 Å². The zero-order valence-electron chi connectivity index (χ0n) is 20.5. The molecular formula is C26H31N5O2S. The fourth-order valence-electron chi connectivity index (χ4n) is 4.02. The highest BCUT2D eigenvalue weighted by Gasteiger charge is 2.33. The van der Waals surface area contributed by atoms with Crippen LogP contribution in [-0.4, -0.2) is 38.6 Å². The Bertz CT molecular complexity index is 1280. The number of fused-ring (bicyclic) bond motifs is 3. The number of aromatic nitrogens is 3. The van der Waals surface area contributed by atoms with E-state index in [1.807, 2.05) is 44.4 Å². The highest BCUT2D eigenvalue weighted by Crippen LogP contribution is 2.39. The second-order valence-corrected chi connectivity index (χ2v) is 10.7. The summed E-state index contributed by atoms with van der Waals surface area (Å²) in [6.45, 7) is 12.3. The minimum Gasteiger partial charge on any atom is -0.460 e. The van der Waals surface area contributed by atoms with Crippen molar-refractivity contribution in [2.75, 3.05) is 6.54 Å². The van der Waals surface area contributed by atoms with Crippen LogP contribution >= 0.6 is 11.3 Å². The molecule has 0 saturated carbocycles. The van der Waals surface area contributed by atoms with Gasteiger partial charge in [-0.3, -0.25) is 14.4 Å². The lowest BCUT2D eigenvalue weighted by Gasteiger charge is -2.21. The van der Waals surface area contributed by atoms with E-state index in [0.717, 1.165) is 33.2 Å². The molecule has 1 atom stereocenters. The summed E-state index contributed by atoms with van der Waals surface area (Å²) in [4.78, 5) is 19.2. The van der Waals surface area contributed by atoms with Gasteiger partial charge in [-0.2, -0.15) is 0 Å². The van der Waals surface area contributed by atoms with Gasteiger partial charge in [0.05, 0.1) is 12.1 Å². The number of nitrogens with two attached hydrogens (primary N) is 1. The SMILES string of the molecule is Cc1sc2c(c1C)C(c1ccc(/C=C/CN)cc1)=N[C@@H](CC(=O)OC(C)(C)C)c1nnc(C)n1-2. The number of rotatable bonds is 5. The van der Waals surface area contributed by atoms with E-state index in [2.05, 4.69) is 48.3 Å². The molecule has 2 aromatic heterocycles. The molecule has 1 aromatic carbocycles. The van der Waals surface area contributed by atoms with E-state index in [9.17, 15) is 4.79 Å². The number of hydrogen-bond acceptors (Lipinski definition) is 7. The van der Waals surface area contributed by atoms with Crippen molar-refractivity contribution in [3.63, 3.8) is 0 Å². The lowest BCUT2D eigenvalue weighted by Crippen LogP contribution is -2.25. The quantitative estimate of drug-likeness (QED) is 0.530. The number of carbonyl (C=O) groups is 1. The van der Waals surface area contributed by atoms with Crippen LogP contribution < -0.4 is 5.73 Å². The average Bonchev–Trinajstić information content (AvgIpc) is 3.24. The molecule has 3 heterocycles. The van der Waals surface area contributed by atoms with E-state index >= 15 is 0 Å². The van der Waals surface area contributed by atoms with Crippen LogP contribution in [0.2, 0.25) is 0 Å². The molecule has 1 aliphatic rings. The van der Waals surface area contributed by atoms with Crippen LogP contribution in [0.4, 0.5) is 0 Å². The molecule has 0 fully saturated rings. The molecule has 0 bridgehead atoms. The zero-order valence-corrected chi connectivity index (χ0v) is 21.4. The molecule has 0 unspecified atom stereocenters. The molecule has 0 spiro atoms. The molecule has 34 heavy (non-hydrogen) atoms. The second kappa shape index (κ2) is 9.27. The Labute approximate surface area is 204 Å². The summed E-state index contributed by atoms with van der Waals surface area (Å²) in [7, 11) is 0. The van der Waals surface area contributed by atoms with Crippen molar-refractivity contribution >= 4 is 29.1 Å². The van der Waals surface area contributed by atoms with Gasteiger partial charge in [0.2, 0.25) is 0 Å². The topological polar surface area (TPSA) is 95.4 Å². The van der Waals surface area contributed by atoms with Crippen molar-refractivity contribution in [3.8, 4) is 5.00 Å². The predicted octanol–water partition coefficient (Wildman–Crippen LogP) is 4.85. The molecule has 178 valence electrons. The highest BCUT2D eigenvalue weighted by atomic mass is 32.1. The zero-order chi connectivity index (χ0) is 24.6. The largest absolute Gasteiger partial charge is 0.460 e. The first-order chi connectivity index (χ1) is 16.1. The number of benzene rings is 1. The second-order valence-electron chi connectivity index (χ2n) is 9.45. The number of aliphatic imine (C=N–C) groups is 1. The molecule has 0 aliphatic carbocycles. The lowest BCUT2D eigenvalue weighted by atomic mass is 9.98. The number of ether oxygens (including phenoxy) is 1. The first-order valence-electron chi connectivity index (χ1n) is 11.4. The summed E-state index contributed by atoms with van der Waals surface area (Å²) in [6, 6.07) is 7.72. The van der Waals surface area contributed by atoms with Gasteiger partial charge < -0.3 is 10.5 Å². The van der Waals surface area contributed by atoms with Gasteiger partial charge in [0.25, 0.3) is 0 Å². The van der Waals surface area contributed by atoms with Crippen LogP contribution in [0, 0.1) is 20.8 Å². The molecule has 0 radical (unpaired) electrons. The Hall–Kier alpha value is -3.10. The van der Waals surface area contributed by atoms with E-state index in [1.165, 1.54) is 10.4 Å². The van der Waals surface area contributed by atoms with Gasteiger partial charge in [0, 0.05) is 22.5 Å². The predicted molar refractivity (Wildman–Crippen MR) is 137 cm³/mol. The molecular weight excluding hydrogens is 446 g/mol. The maximum Gasteiger partial charge on any atom is 0.308 e. The van der Waals surface area contributed by atoms with Gasteiger partial charge in [-0.05, 0) is 52.7 Å². The third-order valence-corrected chi connectivity index (χ3v) is 6.84. The van der Waals surface area contributed by atoms with E-state index in [4.69, 9.17) is 15.5 Å². The van der Waals surface area contributed by atoms with Gasteiger partial charge in [-0.1, -0.05) is 36.4 Å². The number of hydrogen-bond donors (Lipinski definition) is 1. The smallest absolute Gasteiger partial charge is 0.308 e. The van der Waals surface area contributed by atoms with Gasteiger partial charge in [-0.25, -0.2) is 0 Å². The Kier molecular flexibility index (Phi) is 6.55. The number of aryl methyl sites for hydroxylation is 2. The fraction of sp³-hybridized carbons (Fsp3) is 0.385. The van der Waals surface area contributed by atoms with Crippen LogP contribution in [0.1, 0.15) is 72.0 Å². The van der Waals surface area contributed by atoms with Crippen molar-refractivity contribution in [1.29, 1.82) is 0 Å². The monoisotopic (exact) mass is 477 g/mol. The molecule has 0 amide bonds. The van der Waals surface area contributed by atoms with E-state index in [-0.39, 0.29) is 12.4 Å². The summed E-state index contributed by atoms with van der Waals surface area (Å²) in [6.07, 6.45) is 4.01. The number of nitrogens with zero attached hydrogens (tertiary/aromatic N) is 4. The molecule has 7 nitrogen and oxygen atoms in total. The fourth-order valence-corrected chi connectivity index (χ4v) is 5.24. The molecule has 2 N–H and O–H groups in total. The van der Waals surface area contributed by atoms with Crippen LogP contribution in [0.3, 0.4) is 0 Å². The van der Waals surface area contributed by atoms with Gasteiger partial charge in [-0.15, -0.1) is 21.5 Å². The van der Waals surface area contributed by atoms with E-state index < -0.39 is 11.6 Å². The Morgan fingerprint density at radius 2 is 1.88 bits per heavy atom. The summed E-state index contributed by atoms with van der Waals surface area (Å²) >= 11 is 1.70. The number of thiophene rings is 1.